The maximum absolute atomic E-state index is 12.0. The van der Waals surface area contributed by atoms with Crippen LogP contribution in [0.2, 0.25) is 0 Å². The molecule has 0 amide bonds. The molecule has 8 nitrogen and oxygen atoms in total. The van der Waals surface area contributed by atoms with E-state index in [0.717, 1.165) is 10.7 Å². The van der Waals surface area contributed by atoms with Gasteiger partial charge in [0.2, 0.25) is 0 Å². The summed E-state index contributed by atoms with van der Waals surface area (Å²) in [5.41, 5.74) is -0.656. The van der Waals surface area contributed by atoms with Crippen LogP contribution >= 0.6 is 0 Å². The van der Waals surface area contributed by atoms with Crippen molar-refractivity contribution in [3.8, 4) is 0 Å². The number of esters is 2. The normalized spacial score (nSPS) is 10.4. The zero-order valence-electron chi connectivity index (χ0n) is 10.3. The van der Waals surface area contributed by atoms with Gasteiger partial charge in [-0.25, -0.2) is 19.1 Å². The first kappa shape index (κ1) is 12.8. The van der Waals surface area contributed by atoms with Gasteiger partial charge in [-0.2, -0.15) is 0 Å². The van der Waals surface area contributed by atoms with Crippen molar-refractivity contribution in [2.24, 2.45) is 0 Å². The Bertz CT molecular complexity index is 700. The molecule has 2 heterocycles. The van der Waals surface area contributed by atoms with Crippen molar-refractivity contribution < 1.29 is 19.1 Å². The highest BCUT2D eigenvalue weighted by molar-refractivity contribution is 5.96. The van der Waals surface area contributed by atoms with Gasteiger partial charge in [-0.05, 0) is 6.92 Å². The van der Waals surface area contributed by atoms with Crippen molar-refractivity contribution >= 4 is 17.6 Å². The van der Waals surface area contributed by atoms with Gasteiger partial charge in [0.15, 0.2) is 5.65 Å². The molecule has 2 rings (SSSR count). The zero-order valence-corrected chi connectivity index (χ0v) is 10.3. The molecule has 0 spiro atoms. The summed E-state index contributed by atoms with van der Waals surface area (Å²) in [7, 11) is 1.22. The van der Waals surface area contributed by atoms with Crippen molar-refractivity contribution in [2.45, 2.75) is 6.92 Å². The van der Waals surface area contributed by atoms with Crippen LogP contribution in [0.1, 0.15) is 27.6 Å². The molecule has 0 aliphatic rings. The number of methoxy groups -OCH3 is 1. The summed E-state index contributed by atoms with van der Waals surface area (Å²) >= 11 is 0. The minimum atomic E-state index is -0.761. The molecule has 1 N–H and O–H groups in total. The van der Waals surface area contributed by atoms with Crippen LogP contribution in [-0.2, 0) is 9.47 Å². The highest BCUT2D eigenvalue weighted by Gasteiger charge is 2.19. The molecular formula is C11H11N3O5. The van der Waals surface area contributed by atoms with Crippen molar-refractivity contribution in [2.75, 3.05) is 13.7 Å². The van der Waals surface area contributed by atoms with Crippen molar-refractivity contribution in [3.63, 3.8) is 0 Å². The lowest BCUT2D eigenvalue weighted by molar-refractivity contribution is 0.0522. The number of carbonyl (C=O) groups excluding carboxylic acids is 2. The largest absolute Gasteiger partial charge is 0.465 e. The maximum Gasteiger partial charge on any atom is 0.345 e. The van der Waals surface area contributed by atoms with Crippen LogP contribution in [0.3, 0.4) is 0 Å². The molecule has 100 valence electrons. The number of aromatic nitrogens is 3. The summed E-state index contributed by atoms with van der Waals surface area (Å²) in [6.45, 7) is 1.78. The van der Waals surface area contributed by atoms with E-state index in [1.54, 1.807) is 6.92 Å². The number of H-pyrrole nitrogens is 1. The van der Waals surface area contributed by atoms with E-state index in [9.17, 15) is 14.4 Å². The Balaban J connectivity index is 2.59. The van der Waals surface area contributed by atoms with E-state index in [1.807, 2.05) is 0 Å². The molecular weight excluding hydrogens is 254 g/mol. The smallest absolute Gasteiger partial charge is 0.345 e. The Morgan fingerprint density at radius 1 is 1.37 bits per heavy atom. The predicted octanol–water partition coefficient (Wildman–Crippen LogP) is -0.0141. The van der Waals surface area contributed by atoms with Gasteiger partial charge in [0.25, 0.3) is 5.56 Å². The average molecular weight is 265 g/mol. The highest BCUT2D eigenvalue weighted by Crippen LogP contribution is 2.07. The second-order valence-corrected chi connectivity index (χ2v) is 3.54. The van der Waals surface area contributed by atoms with E-state index >= 15 is 0 Å². The van der Waals surface area contributed by atoms with E-state index < -0.39 is 17.5 Å². The highest BCUT2D eigenvalue weighted by atomic mass is 16.5. The zero-order chi connectivity index (χ0) is 14.0. The Labute approximate surface area is 106 Å². The van der Waals surface area contributed by atoms with Crippen LogP contribution in [0.5, 0.6) is 0 Å². The lowest BCUT2D eigenvalue weighted by Gasteiger charge is -2.01. The first-order chi connectivity index (χ1) is 9.10. The number of fused-ring (bicyclic) bond motifs is 1. The quantitative estimate of drug-likeness (QED) is 0.783. The molecule has 2 aromatic rings. The predicted molar refractivity (Wildman–Crippen MR) is 63.1 cm³/mol. The molecule has 2 aromatic heterocycles. The summed E-state index contributed by atoms with van der Waals surface area (Å²) in [5.74, 6) is -1.39. The second kappa shape index (κ2) is 4.92. The molecule has 0 bridgehead atoms. The van der Waals surface area contributed by atoms with Gasteiger partial charge < -0.3 is 9.47 Å². The molecule has 0 radical (unpaired) electrons. The van der Waals surface area contributed by atoms with E-state index in [0.29, 0.717) is 0 Å². The van der Waals surface area contributed by atoms with Gasteiger partial charge in [0, 0.05) is 12.4 Å². The van der Waals surface area contributed by atoms with Gasteiger partial charge in [-0.1, -0.05) is 0 Å². The summed E-state index contributed by atoms with van der Waals surface area (Å²) in [6, 6.07) is 0. The van der Waals surface area contributed by atoms with Crippen LogP contribution in [0, 0.1) is 0 Å². The van der Waals surface area contributed by atoms with Crippen LogP contribution < -0.4 is 5.56 Å². The van der Waals surface area contributed by atoms with Crippen molar-refractivity contribution in [1.29, 1.82) is 0 Å². The molecule has 8 heteroatoms. The van der Waals surface area contributed by atoms with Gasteiger partial charge in [0.1, 0.15) is 11.1 Å². The number of rotatable bonds is 3. The first-order valence-electron chi connectivity index (χ1n) is 5.44. The molecule has 0 aliphatic heterocycles. The maximum atomic E-state index is 12.0. The standard InChI is InChI=1S/C11H11N3O5/c1-3-19-11(17)7-4-12-8-6(10(16)18-2)5-13-14(8)9(7)15/h4-5,13H,3H2,1-2H3. The summed E-state index contributed by atoms with van der Waals surface area (Å²) < 4.78 is 10.3. The molecule has 0 saturated carbocycles. The third kappa shape index (κ3) is 2.07. The van der Waals surface area contributed by atoms with Gasteiger partial charge >= 0.3 is 11.9 Å². The number of hydrogen-bond acceptors (Lipinski definition) is 6. The minimum absolute atomic E-state index is 0.0879. The van der Waals surface area contributed by atoms with E-state index in [1.165, 1.54) is 13.3 Å². The molecule has 0 atom stereocenters. The van der Waals surface area contributed by atoms with Crippen LogP contribution in [0.25, 0.3) is 5.65 Å². The topological polar surface area (TPSA) is 103 Å². The van der Waals surface area contributed by atoms with Gasteiger partial charge in [-0.15, -0.1) is 0 Å². The SMILES string of the molecule is CCOC(=O)c1cnc2c(C(=O)OC)c[nH]n2c1=O. The fourth-order valence-corrected chi connectivity index (χ4v) is 1.57. The number of carbonyl (C=O) groups is 2. The molecule has 0 saturated heterocycles. The monoisotopic (exact) mass is 265 g/mol. The Morgan fingerprint density at radius 3 is 2.74 bits per heavy atom. The molecule has 0 aromatic carbocycles. The van der Waals surface area contributed by atoms with Gasteiger partial charge in [0.05, 0.1) is 13.7 Å². The Kier molecular flexibility index (Phi) is 3.32. The van der Waals surface area contributed by atoms with E-state index in [4.69, 9.17) is 4.74 Å². The molecule has 0 fully saturated rings. The second-order valence-electron chi connectivity index (χ2n) is 3.54. The fraction of sp³-hybridized carbons (Fsp3) is 0.273. The average Bonchev–Trinajstić information content (AvgIpc) is 2.83. The fourth-order valence-electron chi connectivity index (χ4n) is 1.57. The van der Waals surface area contributed by atoms with Crippen molar-refractivity contribution in [1.82, 2.24) is 14.6 Å². The number of nitrogens with one attached hydrogen (secondary N) is 1. The number of nitrogens with zero attached hydrogens (tertiary/aromatic N) is 2. The lowest BCUT2D eigenvalue weighted by atomic mass is 10.3. The van der Waals surface area contributed by atoms with E-state index in [2.05, 4.69) is 14.8 Å². The minimum Gasteiger partial charge on any atom is -0.465 e. The number of hydrogen-bond donors (Lipinski definition) is 1. The van der Waals surface area contributed by atoms with Crippen molar-refractivity contribution in [3.05, 3.63) is 33.9 Å². The third-order valence-corrected chi connectivity index (χ3v) is 2.44. The summed E-state index contributed by atoms with van der Waals surface area (Å²) in [5, 5.41) is 2.54. The lowest BCUT2D eigenvalue weighted by Crippen LogP contribution is -2.24. The Hall–Kier alpha value is -2.64. The molecule has 0 unspecified atom stereocenters. The number of ether oxygens (including phenoxy) is 2. The summed E-state index contributed by atoms with van der Waals surface area (Å²) in [4.78, 5) is 38.9. The summed E-state index contributed by atoms with van der Waals surface area (Å²) in [6.07, 6.45) is 2.36. The molecule has 0 aliphatic carbocycles. The Morgan fingerprint density at radius 2 is 2.11 bits per heavy atom. The third-order valence-electron chi connectivity index (χ3n) is 2.44. The van der Waals surface area contributed by atoms with Crippen LogP contribution in [-0.4, -0.2) is 40.3 Å². The van der Waals surface area contributed by atoms with Crippen LogP contribution in [0.15, 0.2) is 17.2 Å². The van der Waals surface area contributed by atoms with Crippen LogP contribution in [0.4, 0.5) is 0 Å². The van der Waals surface area contributed by atoms with Gasteiger partial charge in [-0.3, -0.25) is 9.89 Å². The first-order valence-corrected chi connectivity index (χ1v) is 5.44. The van der Waals surface area contributed by atoms with E-state index in [-0.39, 0.29) is 23.4 Å². The number of aromatic amines is 1. The molecule has 19 heavy (non-hydrogen) atoms.